The van der Waals surface area contributed by atoms with Crippen LogP contribution in [0.1, 0.15) is 31.4 Å². The monoisotopic (exact) mass is 431 g/mol. The average Bonchev–Trinajstić information content (AvgIpc) is 3.18. The van der Waals surface area contributed by atoms with Crippen molar-refractivity contribution in [2.75, 3.05) is 0 Å². The molecule has 7 nitrogen and oxygen atoms in total. The normalized spacial score (nSPS) is 11.2. The summed E-state index contributed by atoms with van der Waals surface area (Å²) in [6.07, 6.45) is 2.14. The molecule has 0 spiro atoms. The maximum atomic E-state index is 13.5. The van der Waals surface area contributed by atoms with Crippen molar-refractivity contribution >= 4 is 11.2 Å². The maximum absolute atomic E-state index is 13.5. The van der Waals surface area contributed by atoms with E-state index in [1.165, 1.54) is 39.7 Å². The van der Waals surface area contributed by atoms with Crippen LogP contribution < -0.4 is 11.2 Å². The van der Waals surface area contributed by atoms with Crippen LogP contribution in [-0.2, 0) is 13.1 Å². The van der Waals surface area contributed by atoms with Crippen molar-refractivity contribution in [3.63, 3.8) is 0 Å². The fraction of sp³-hybridized carbons (Fsp3) is 0.250. The third-order valence-electron chi connectivity index (χ3n) is 5.39. The molecule has 0 amide bonds. The molecule has 32 heavy (non-hydrogen) atoms. The molecule has 0 saturated carbocycles. The van der Waals surface area contributed by atoms with Gasteiger partial charge in [0.25, 0.3) is 5.56 Å². The molecule has 0 N–H and O–H groups in total. The minimum atomic E-state index is -0.516. The first-order valence-corrected chi connectivity index (χ1v) is 10.4. The van der Waals surface area contributed by atoms with Gasteiger partial charge in [0.1, 0.15) is 5.82 Å². The van der Waals surface area contributed by atoms with E-state index in [1.807, 2.05) is 26.0 Å². The van der Waals surface area contributed by atoms with E-state index < -0.39 is 17.1 Å². The Hall–Kier alpha value is -3.99. The van der Waals surface area contributed by atoms with E-state index in [1.54, 1.807) is 16.7 Å². The number of imidazole rings is 1. The summed E-state index contributed by atoms with van der Waals surface area (Å²) in [6, 6.07) is 14.8. The van der Waals surface area contributed by atoms with E-state index in [9.17, 15) is 19.2 Å². The summed E-state index contributed by atoms with van der Waals surface area (Å²) in [6.45, 7) is 4.55. The van der Waals surface area contributed by atoms with Crippen molar-refractivity contribution in [2.24, 2.45) is 5.92 Å². The number of nitrogens with zero attached hydrogens (tertiary/aromatic N) is 5. The molecule has 0 fully saturated rings. The summed E-state index contributed by atoms with van der Waals surface area (Å²) in [7, 11) is 0. The zero-order valence-corrected chi connectivity index (χ0v) is 17.8. The van der Waals surface area contributed by atoms with Gasteiger partial charge in [0.15, 0.2) is 11.2 Å². The highest BCUT2D eigenvalue weighted by atomic mass is 19.1. The maximum Gasteiger partial charge on any atom is 0.337 e. The van der Waals surface area contributed by atoms with Crippen molar-refractivity contribution in [3.05, 3.63) is 92.6 Å². The van der Waals surface area contributed by atoms with Gasteiger partial charge >= 0.3 is 5.69 Å². The number of aromatic nitrogens is 4. The lowest BCUT2D eigenvalue weighted by atomic mass is 10.1. The van der Waals surface area contributed by atoms with Crippen LogP contribution in [0, 0.1) is 23.1 Å². The predicted octanol–water partition coefficient (Wildman–Crippen LogP) is 3.45. The van der Waals surface area contributed by atoms with Gasteiger partial charge in [-0.05, 0) is 48.2 Å². The topological polar surface area (TPSA) is 85.6 Å². The molecule has 0 aliphatic heterocycles. The van der Waals surface area contributed by atoms with Gasteiger partial charge < -0.3 is 4.57 Å². The van der Waals surface area contributed by atoms with Crippen LogP contribution in [0.5, 0.6) is 0 Å². The van der Waals surface area contributed by atoms with E-state index >= 15 is 0 Å². The van der Waals surface area contributed by atoms with Crippen LogP contribution in [0.3, 0.4) is 0 Å². The number of hydrogen-bond acceptors (Lipinski definition) is 4. The van der Waals surface area contributed by atoms with Crippen molar-refractivity contribution < 1.29 is 4.39 Å². The van der Waals surface area contributed by atoms with Gasteiger partial charge in [-0.2, -0.15) is 5.26 Å². The van der Waals surface area contributed by atoms with Crippen LogP contribution in [0.25, 0.3) is 16.9 Å². The molecule has 0 aliphatic carbocycles. The summed E-state index contributed by atoms with van der Waals surface area (Å²) >= 11 is 0. The van der Waals surface area contributed by atoms with E-state index in [0.29, 0.717) is 23.6 Å². The van der Waals surface area contributed by atoms with Crippen LogP contribution >= 0.6 is 0 Å². The molecular weight excluding hydrogens is 409 g/mol. The van der Waals surface area contributed by atoms with Gasteiger partial charge in [-0.15, -0.1) is 0 Å². The quantitative estimate of drug-likeness (QED) is 0.468. The number of nitriles is 1. The smallest absolute Gasteiger partial charge is 0.320 e. The number of benzene rings is 2. The molecule has 0 unspecified atom stereocenters. The Bertz CT molecular complexity index is 1440. The Balaban J connectivity index is 1.97. The lowest BCUT2D eigenvalue weighted by Crippen LogP contribution is -2.40. The summed E-state index contributed by atoms with van der Waals surface area (Å²) in [5.41, 5.74) is 1.16. The fourth-order valence-corrected chi connectivity index (χ4v) is 3.66. The first-order chi connectivity index (χ1) is 15.4. The van der Waals surface area contributed by atoms with Crippen LogP contribution in [0.2, 0.25) is 0 Å². The summed E-state index contributed by atoms with van der Waals surface area (Å²) in [5.74, 6) is -0.131. The van der Waals surface area contributed by atoms with E-state index in [0.717, 1.165) is 5.56 Å². The average molecular weight is 431 g/mol. The zero-order chi connectivity index (χ0) is 22.8. The third kappa shape index (κ3) is 3.85. The lowest BCUT2D eigenvalue weighted by Gasteiger charge is -2.14. The second-order valence-corrected chi connectivity index (χ2v) is 8.05. The highest BCUT2D eigenvalue weighted by Gasteiger charge is 2.20. The molecule has 4 aromatic rings. The lowest BCUT2D eigenvalue weighted by molar-refractivity contribution is 0.491. The number of halogens is 1. The molecule has 162 valence electrons. The summed E-state index contributed by atoms with van der Waals surface area (Å²) in [5, 5.41) is 9.42. The highest BCUT2D eigenvalue weighted by molar-refractivity contribution is 5.72. The van der Waals surface area contributed by atoms with Gasteiger partial charge in [0, 0.05) is 6.54 Å². The van der Waals surface area contributed by atoms with Crippen LogP contribution in [-0.4, -0.2) is 18.7 Å². The molecular formula is C24H22FN5O2. The van der Waals surface area contributed by atoms with E-state index in [2.05, 4.69) is 11.1 Å². The van der Waals surface area contributed by atoms with E-state index in [-0.39, 0.29) is 24.3 Å². The summed E-state index contributed by atoms with van der Waals surface area (Å²) in [4.78, 5) is 31.1. The fourth-order valence-electron chi connectivity index (χ4n) is 3.66. The second kappa shape index (κ2) is 8.63. The van der Waals surface area contributed by atoms with Crippen molar-refractivity contribution in [2.45, 2.75) is 33.4 Å². The number of fused-ring (bicyclic) bond motifs is 1. The van der Waals surface area contributed by atoms with Crippen LogP contribution in [0.15, 0.2) is 64.4 Å². The highest BCUT2D eigenvalue weighted by Crippen LogP contribution is 2.17. The Kier molecular flexibility index (Phi) is 5.73. The molecule has 0 aliphatic rings. The molecule has 2 aromatic heterocycles. The largest absolute Gasteiger partial charge is 0.337 e. The summed E-state index contributed by atoms with van der Waals surface area (Å²) < 4.78 is 17.7. The zero-order valence-electron chi connectivity index (χ0n) is 17.8. The molecule has 4 rings (SSSR count). The minimum Gasteiger partial charge on any atom is -0.320 e. The van der Waals surface area contributed by atoms with Gasteiger partial charge in [-0.3, -0.25) is 9.36 Å². The molecule has 2 heterocycles. The molecule has 0 saturated heterocycles. The Morgan fingerprint density at radius 2 is 1.81 bits per heavy atom. The van der Waals surface area contributed by atoms with Crippen LogP contribution in [0.4, 0.5) is 4.39 Å². The van der Waals surface area contributed by atoms with Crippen molar-refractivity contribution in [1.82, 2.24) is 18.7 Å². The Morgan fingerprint density at radius 3 is 2.50 bits per heavy atom. The van der Waals surface area contributed by atoms with Gasteiger partial charge in [-0.25, -0.2) is 18.7 Å². The molecule has 2 aromatic carbocycles. The SMILES string of the molecule is CC(C)CCn1c(=O)c2c(ncn2Cc2ccccc2C#N)n(-c2ccc(F)cc2)c1=O. The standard InChI is InChI=1S/C24H22FN5O2/c1-16(2)11-12-29-23(31)21-22(30(24(29)32)20-9-7-19(25)8-10-20)27-15-28(21)14-18-6-4-3-5-17(18)13-26/h3-10,15-16H,11-12,14H2,1-2H3. The first-order valence-electron chi connectivity index (χ1n) is 10.4. The van der Waals surface area contributed by atoms with Crippen molar-refractivity contribution in [1.29, 1.82) is 5.26 Å². The third-order valence-corrected chi connectivity index (χ3v) is 5.39. The van der Waals surface area contributed by atoms with Gasteiger partial charge in [0.05, 0.1) is 30.2 Å². The molecule has 0 radical (unpaired) electrons. The predicted molar refractivity (Wildman–Crippen MR) is 119 cm³/mol. The molecule has 0 atom stereocenters. The number of rotatable bonds is 6. The second-order valence-electron chi connectivity index (χ2n) is 8.05. The number of hydrogen-bond donors (Lipinski definition) is 0. The van der Waals surface area contributed by atoms with Gasteiger partial charge in [0.2, 0.25) is 0 Å². The minimum absolute atomic E-state index is 0.196. The van der Waals surface area contributed by atoms with Gasteiger partial charge in [-0.1, -0.05) is 32.0 Å². The molecule has 8 heteroatoms. The van der Waals surface area contributed by atoms with Crippen molar-refractivity contribution in [3.8, 4) is 11.8 Å². The molecule has 0 bridgehead atoms. The van der Waals surface area contributed by atoms with E-state index in [4.69, 9.17) is 0 Å². The Morgan fingerprint density at radius 1 is 1.09 bits per heavy atom. The first kappa shape index (κ1) is 21.2. The Labute approximate surface area is 183 Å².